The topological polar surface area (TPSA) is 46.3 Å². The van der Waals surface area contributed by atoms with Gasteiger partial charge in [0.05, 0.1) is 12.0 Å². The SMILES string of the molecule is C1=CC=NC=NC2=CC=CC2=CN=CC2=C(C2)OC=C1. The van der Waals surface area contributed by atoms with Crippen LogP contribution in [0.15, 0.2) is 86.5 Å². The Bertz CT molecular complexity index is 668. The van der Waals surface area contributed by atoms with E-state index in [4.69, 9.17) is 4.74 Å². The molecule has 0 fully saturated rings. The van der Waals surface area contributed by atoms with Crippen LogP contribution in [0.5, 0.6) is 0 Å². The Balaban J connectivity index is 1.83. The summed E-state index contributed by atoms with van der Waals surface area (Å²) in [4.78, 5) is 12.7. The zero-order valence-corrected chi connectivity index (χ0v) is 10.8. The van der Waals surface area contributed by atoms with Crippen LogP contribution in [0.25, 0.3) is 0 Å². The van der Waals surface area contributed by atoms with E-state index in [0.717, 1.165) is 29.0 Å². The molecule has 0 amide bonds. The van der Waals surface area contributed by atoms with Gasteiger partial charge in [-0.15, -0.1) is 0 Å². The first kappa shape index (κ1) is 12.3. The maximum atomic E-state index is 5.44. The highest BCUT2D eigenvalue weighted by Crippen LogP contribution is 2.30. The van der Waals surface area contributed by atoms with Crippen LogP contribution in [-0.4, -0.2) is 18.8 Å². The number of aliphatic imine (C=N–C) groups is 3. The van der Waals surface area contributed by atoms with Gasteiger partial charge in [0.25, 0.3) is 0 Å². The van der Waals surface area contributed by atoms with Crippen molar-refractivity contribution in [1.29, 1.82) is 0 Å². The van der Waals surface area contributed by atoms with Crippen LogP contribution in [-0.2, 0) is 4.74 Å². The summed E-state index contributed by atoms with van der Waals surface area (Å²) in [7, 11) is 0. The molecule has 0 radical (unpaired) electrons. The minimum Gasteiger partial charge on any atom is -0.469 e. The molecule has 0 spiro atoms. The summed E-state index contributed by atoms with van der Waals surface area (Å²) in [5.74, 6) is 0.966. The van der Waals surface area contributed by atoms with Crippen molar-refractivity contribution >= 4 is 18.8 Å². The van der Waals surface area contributed by atoms with Crippen LogP contribution in [0.2, 0.25) is 0 Å². The van der Waals surface area contributed by atoms with Crippen LogP contribution in [0.1, 0.15) is 6.42 Å². The summed E-state index contributed by atoms with van der Waals surface area (Å²) in [6, 6.07) is 0. The number of ether oxygens (including phenoxy) is 1. The molecular weight excluding hydrogens is 250 g/mol. The maximum absolute atomic E-state index is 5.44. The lowest BCUT2D eigenvalue weighted by Gasteiger charge is -1.94. The van der Waals surface area contributed by atoms with Gasteiger partial charge in [-0.3, -0.25) is 4.99 Å². The molecule has 4 heteroatoms. The first-order valence-electron chi connectivity index (χ1n) is 6.32. The third-order valence-corrected chi connectivity index (χ3v) is 2.80. The predicted octanol–water partition coefficient (Wildman–Crippen LogP) is 3.25. The van der Waals surface area contributed by atoms with Gasteiger partial charge in [-0.1, -0.05) is 18.2 Å². The predicted molar refractivity (Wildman–Crippen MR) is 81.8 cm³/mol. The van der Waals surface area contributed by atoms with E-state index >= 15 is 0 Å². The third-order valence-electron chi connectivity index (χ3n) is 2.80. The lowest BCUT2D eigenvalue weighted by atomic mass is 10.3. The second kappa shape index (κ2) is 5.93. The van der Waals surface area contributed by atoms with Crippen molar-refractivity contribution in [2.45, 2.75) is 6.42 Å². The van der Waals surface area contributed by atoms with Crippen molar-refractivity contribution in [2.24, 2.45) is 15.0 Å². The van der Waals surface area contributed by atoms with Gasteiger partial charge in [0.15, 0.2) is 0 Å². The van der Waals surface area contributed by atoms with Crippen LogP contribution < -0.4 is 0 Å². The molecule has 0 N–H and O–H groups in total. The zero-order chi connectivity index (χ0) is 13.6. The quantitative estimate of drug-likeness (QED) is 0.661. The minimum absolute atomic E-state index is 0.858. The molecule has 98 valence electrons. The van der Waals surface area contributed by atoms with Crippen molar-refractivity contribution in [3.05, 3.63) is 71.5 Å². The Morgan fingerprint density at radius 3 is 3.05 bits per heavy atom. The van der Waals surface area contributed by atoms with Gasteiger partial charge in [-0.05, 0) is 18.2 Å². The van der Waals surface area contributed by atoms with Crippen molar-refractivity contribution in [3.8, 4) is 0 Å². The van der Waals surface area contributed by atoms with Crippen LogP contribution in [0.3, 0.4) is 0 Å². The molecule has 0 aromatic rings. The van der Waals surface area contributed by atoms with E-state index in [1.54, 1.807) is 18.7 Å². The van der Waals surface area contributed by atoms with Crippen LogP contribution >= 0.6 is 0 Å². The number of hydrogen-bond acceptors (Lipinski definition) is 4. The fraction of sp³-hybridized carbons (Fsp3) is 0.0625. The Morgan fingerprint density at radius 2 is 2.05 bits per heavy atom. The molecule has 3 aliphatic rings. The first-order chi connectivity index (χ1) is 9.93. The fourth-order valence-corrected chi connectivity index (χ4v) is 1.69. The number of rotatable bonds is 0. The molecule has 0 saturated heterocycles. The average Bonchev–Trinajstić information content (AvgIpc) is 3.03. The second-order valence-corrected chi connectivity index (χ2v) is 4.27. The largest absolute Gasteiger partial charge is 0.469 e. The first-order valence-corrected chi connectivity index (χ1v) is 6.32. The Kier molecular flexibility index (Phi) is 3.64. The van der Waals surface area contributed by atoms with Gasteiger partial charge in [0.1, 0.15) is 12.1 Å². The van der Waals surface area contributed by atoms with Gasteiger partial charge in [-0.2, -0.15) is 0 Å². The zero-order valence-electron chi connectivity index (χ0n) is 10.8. The maximum Gasteiger partial charge on any atom is 0.116 e. The highest BCUT2D eigenvalue weighted by molar-refractivity contribution is 5.86. The molecule has 0 aromatic heterocycles. The summed E-state index contributed by atoms with van der Waals surface area (Å²) in [6.07, 6.45) is 20.7. The molecule has 0 bridgehead atoms. The number of nitrogens with zero attached hydrogens (tertiary/aromatic N) is 3. The molecule has 1 heterocycles. The van der Waals surface area contributed by atoms with E-state index in [-0.39, 0.29) is 0 Å². The van der Waals surface area contributed by atoms with Gasteiger partial charge in [-0.25, -0.2) is 9.98 Å². The highest BCUT2D eigenvalue weighted by Gasteiger charge is 2.20. The van der Waals surface area contributed by atoms with E-state index in [1.165, 1.54) is 6.34 Å². The summed E-state index contributed by atoms with van der Waals surface area (Å²) >= 11 is 0. The molecule has 0 atom stereocenters. The van der Waals surface area contributed by atoms with E-state index in [2.05, 4.69) is 15.0 Å². The van der Waals surface area contributed by atoms with Gasteiger partial charge in [0, 0.05) is 36.2 Å². The van der Waals surface area contributed by atoms with Crippen molar-refractivity contribution in [1.82, 2.24) is 0 Å². The fourth-order valence-electron chi connectivity index (χ4n) is 1.69. The lowest BCUT2D eigenvalue weighted by molar-refractivity contribution is 0.371. The number of fused-ring (bicyclic) bond motifs is 1. The van der Waals surface area contributed by atoms with Crippen LogP contribution in [0.4, 0.5) is 0 Å². The Morgan fingerprint density at radius 1 is 1.05 bits per heavy atom. The summed E-state index contributed by atoms with van der Waals surface area (Å²) in [5.41, 5.74) is 2.95. The molecule has 20 heavy (non-hydrogen) atoms. The second-order valence-electron chi connectivity index (χ2n) is 4.27. The number of hydrogen-bond donors (Lipinski definition) is 0. The van der Waals surface area contributed by atoms with E-state index < -0.39 is 0 Å². The smallest absolute Gasteiger partial charge is 0.116 e. The summed E-state index contributed by atoms with van der Waals surface area (Å²) in [5, 5.41) is 0. The van der Waals surface area contributed by atoms with Crippen molar-refractivity contribution < 1.29 is 4.74 Å². The molecule has 4 nitrogen and oxygen atoms in total. The Labute approximate surface area is 117 Å². The molecule has 3 rings (SSSR count). The minimum atomic E-state index is 0.858. The monoisotopic (exact) mass is 263 g/mol. The third kappa shape index (κ3) is 3.17. The summed E-state index contributed by atoms with van der Waals surface area (Å²) in [6.45, 7) is 0. The average molecular weight is 263 g/mol. The van der Waals surface area contributed by atoms with Gasteiger partial charge < -0.3 is 4.74 Å². The van der Waals surface area contributed by atoms with Gasteiger partial charge >= 0.3 is 0 Å². The van der Waals surface area contributed by atoms with Crippen LogP contribution in [0, 0.1) is 0 Å². The molecule has 0 unspecified atom stereocenters. The van der Waals surface area contributed by atoms with Crippen molar-refractivity contribution in [3.63, 3.8) is 0 Å². The van der Waals surface area contributed by atoms with Gasteiger partial charge in [0.2, 0.25) is 0 Å². The Hall–Kier alpha value is -2.75. The normalized spacial score (nSPS) is 20.4. The standard InChI is InChI=1S/C16H13N3O/c1-2-7-17-12-19-15-6-4-5-13(15)10-18-11-14-9-16(14)20-8-3-1/h1-8,10-12H,9H2. The molecule has 0 saturated carbocycles. The van der Waals surface area contributed by atoms with E-state index in [9.17, 15) is 0 Å². The molecule has 1 aliphatic heterocycles. The molecular formula is C16H13N3O. The lowest BCUT2D eigenvalue weighted by Crippen LogP contribution is -1.80. The highest BCUT2D eigenvalue weighted by atomic mass is 16.5. The number of allylic oxidation sites excluding steroid dienone is 8. The van der Waals surface area contributed by atoms with E-state index in [1.807, 2.05) is 42.7 Å². The molecule has 0 aromatic carbocycles. The van der Waals surface area contributed by atoms with E-state index in [0.29, 0.717) is 0 Å². The van der Waals surface area contributed by atoms with Crippen molar-refractivity contribution in [2.75, 3.05) is 0 Å². The molecule has 2 aliphatic carbocycles. The summed E-state index contributed by atoms with van der Waals surface area (Å²) < 4.78 is 5.44.